The Morgan fingerprint density at radius 3 is 2.48 bits per heavy atom. The third-order valence-electron chi connectivity index (χ3n) is 3.42. The molecule has 1 amide bonds. The zero-order chi connectivity index (χ0) is 16.8. The maximum absolute atomic E-state index is 12.3. The van der Waals surface area contributed by atoms with Gasteiger partial charge in [-0.15, -0.1) is 0 Å². The van der Waals surface area contributed by atoms with E-state index >= 15 is 0 Å². The van der Waals surface area contributed by atoms with Gasteiger partial charge in [0.1, 0.15) is 6.04 Å². The molecule has 4 nitrogen and oxygen atoms in total. The summed E-state index contributed by atoms with van der Waals surface area (Å²) in [5.74, 6) is -0.821. The molecule has 0 spiro atoms. The molecule has 120 valence electrons. The molecule has 1 N–H and O–H groups in total. The summed E-state index contributed by atoms with van der Waals surface area (Å²) in [5, 5.41) is 3.26. The normalized spacial score (nSPS) is 11.6. The van der Waals surface area contributed by atoms with Crippen LogP contribution >= 0.6 is 11.6 Å². The standard InChI is InChI=1S/C18H18ClNO3/c1-12-4-3-5-13(10-12)11-16(18(22)23-2)20-17(21)14-6-8-15(19)9-7-14/h3-10,16H,11H2,1-2H3,(H,20,21)/t16-/m1/s1. The summed E-state index contributed by atoms with van der Waals surface area (Å²) in [6.07, 6.45) is 0.369. The summed E-state index contributed by atoms with van der Waals surface area (Å²) in [5.41, 5.74) is 2.49. The van der Waals surface area contributed by atoms with E-state index < -0.39 is 12.0 Å². The molecule has 0 fully saturated rings. The van der Waals surface area contributed by atoms with Gasteiger partial charge in [-0.1, -0.05) is 41.4 Å². The molecule has 0 saturated carbocycles. The molecule has 0 bridgehead atoms. The van der Waals surface area contributed by atoms with Gasteiger partial charge in [0.15, 0.2) is 0 Å². The van der Waals surface area contributed by atoms with Gasteiger partial charge in [-0.25, -0.2) is 4.79 Å². The van der Waals surface area contributed by atoms with Crippen molar-refractivity contribution in [1.29, 1.82) is 0 Å². The highest BCUT2D eigenvalue weighted by Gasteiger charge is 2.22. The molecule has 0 saturated heterocycles. The number of carbonyl (C=O) groups excluding carboxylic acids is 2. The van der Waals surface area contributed by atoms with Crippen LogP contribution in [-0.2, 0) is 16.0 Å². The number of hydrogen-bond acceptors (Lipinski definition) is 3. The molecule has 2 rings (SSSR count). The monoisotopic (exact) mass is 331 g/mol. The van der Waals surface area contributed by atoms with Crippen LogP contribution in [0, 0.1) is 6.92 Å². The van der Waals surface area contributed by atoms with Gasteiger partial charge in [0.25, 0.3) is 5.91 Å². The van der Waals surface area contributed by atoms with Crippen LogP contribution in [0.4, 0.5) is 0 Å². The molecule has 0 aliphatic carbocycles. The average molecular weight is 332 g/mol. The minimum Gasteiger partial charge on any atom is -0.467 e. The van der Waals surface area contributed by atoms with Crippen molar-refractivity contribution in [3.63, 3.8) is 0 Å². The molecule has 23 heavy (non-hydrogen) atoms. The van der Waals surface area contributed by atoms with Crippen LogP contribution in [0.5, 0.6) is 0 Å². The lowest BCUT2D eigenvalue weighted by Crippen LogP contribution is -2.43. The molecule has 0 aliphatic rings. The van der Waals surface area contributed by atoms with Crippen molar-refractivity contribution in [2.75, 3.05) is 7.11 Å². The Bertz CT molecular complexity index is 698. The molecule has 0 aliphatic heterocycles. The lowest BCUT2D eigenvalue weighted by molar-refractivity contribution is -0.142. The highest BCUT2D eigenvalue weighted by Crippen LogP contribution is 2.11. The van der Waals surface area contributed by atoms with Crippen molar-refractivity contribution in [3.8, 4) is 0 Å². The van der Waals surface area contributed by atoms with Crippen LogP contribution in [0.2, 0.25) is 5.02 Å². The number of aryl methyl sites for hydroxylation is 1. The van der Waals surface area contributed by atoms with Crippen molar-refractivity contribution >= 4 is 23.5 Å². The summed E-state index contributed by atoms with van der Waals surface area (Å²) in [6.45, 7) is 1.98. The Kier molecular flexibility index (Phi) is 5.77. The summed E-state index contributed by atoms with van der Waals surface area (Å²) < 4.78 is 4.80. The molecular formula is C18H18ClNO3. The number of benzene rings is 2. The quantitative estimate of drug-likeness (QED) is 0.856. The van der Waals surface area contributed by atoms with Crippen LogP contribution in [0.3, 0.4) is 0 Å². The summed E-state index contributed by atoms with van der Waals surface area (Å²) in [6, 6.07) is 13.5. The van der Waals surface area contributed by atoms with Crippen molar-refractivity contribution < 1.29 is 14.3 Å². The van der Waals surface area contributed by atoms with E-state index in [4.69, 9.17) is 16.3 Å². The molecule has 0 heterocycles. The molecule has 0 radical (unpaired) electrons. The Hall–Kier alpha value is -2.33. The Morgan fingerprint density at radius 2 is 1.87 bits per heavy atom. The number of methoxy groups -OCH3 is 1. The first-order chi connectivity index (χ1) is 11.0. The van der Waals surface area contributed by atoms with Crippen LogP contribution < -0.4 is 5.32 Å². The molecule has 0 aromatic heterocycles. The fraction of sp³-hybridized carbons (Fsp3) is 0.222. The largest absolute Gasteiger partial charge is 0.467 e. The van der Waals surface area contributed by atoms with Crippen LogP contribution in [0.1, 0.15) is 21.5 Å². The Balaban J connectivity index is 2.13. The van der Waals surface area contributed by atoms with Crippen molar-refractivity contribution in [2.24, 2.45) is 0 Å². The minimum atomic E-state index is -0.745. The number of nitrogens with one attached hydrogen (secondary N) is 1. The first kappa shape index (κ1) is 17.0. The van der Waals surface area contributed by atoms with E-state index in [1.807, 2.05) is 31.2 Å². The van der Waals surface area contributed by atoms with E-state index in [1.165, 1.54) is 7.11 Å². The topological polar surface area (TPSA) is 55.4 Å². The summed E-state index contributed by atoms with van der Waals surface area (Å²) in [4.78, 5) is 24.2. The van der Waals surface area contributed by atoms with Gasteiger partial charge < -0.3 is 10.1 Å². The third kappa shape index (κ3) is 4.83. The zero-order valence-electron chi connectivity index (χ0n) is 13.0. The number of rotatable bonds is 5. The van der Waals surface area contributed by atoms with Crippen LogP contribution in [-0.4, -0.2) is 25.0 Å². The SMILES string of the molecule is COC(=O)[C@@H](Cc1cccc(C)c1)NC(=O)c1ccc(Cl)cc1. The average Bonchev–Trinajstić information content (AvgIpc) is 2.54. The number of ether oxygens (including phenoxy) is 1. The van der Waals surface area contributed by atoms with E-state index in [-0.39, 0.29) is 5.91 Å². The van der Waals surface area contributed by atoms with Crippen molar-refractivity contribution in [1.82, 2.24) is 5.32 Å². The van der Waals surface area contributed by atoms with Gasteiger partial charge in [0.05, 0.1) is 7.11 Å². The van der Waals surface area contributed by atoms with E-state index in [9.17, 15) is 9.59 Å². The second-order valence-electron chi connectivity index (χ2n) is 5.25. The van der Waals surface area contributed by atoms with Crippen molar-refractivity contribution in [3.05, 3.63) is 70.2 Å². The van der Waals surface area contributed by atoms with Gasteiger partial charge in [0, 0.05) is 17.0 Å². The number of esters is 1. The first-order valence-electron chi connectivity index (χ1n) is 7.19. The number of hydrogen-bond donors (Lipinski definition) is 1. The lowest BCUT2D eigenvalue weighted by Gasteiger charge is -2.17. The first-order valence-corrected chi connectivity index (χ1v) is 7.57. The molecule has 2 aromatic carbocycles. The van der Waals surface area contributed by atoms with E-state index in [0.29, 0.717) is 17.0 Å². The fourth-order valence-corrected chi connectivity index (χ4v) is 2.38. The van der Waals surface area contributed by atoms with Crippen LogP contribution in [0.15, 0.2) is 48.5 Å². The maximum atomic E-state index is 12.3. The summed E-state index contributed by atoms with van der Waals surface area (Å²) >= 11 is 5.81. The number of amides is 1. The minimum absolute atomic E-state index is 0.343. The maximum Gasteiger partial charge on any atom is 0.328 e. The second-order valence-corrected chi connectivity index (χ2v) is 5.69. The van der Waals surface area contributed by atoms with Gasteiger partial charge in [0.2, 0.25) is 0 Å². The predicted octanol–water partition coefficient (Wildman–Crippen LogP) is 3.16. The second kappa shape index (κ2) is 7.79. The fourth-order valence-electron chi connectivity index (χ4n) is 2.25. The highest BCUT2D eigenvalue weighted by atomic mass is 35.5. The third-order valence-corrected chi connectivity index (χ3v) is 3.67. The smallest absolute Gasteiger partial charge is 0.328 e. The lowest BCUT2D eigenvalue weighted by atomic mass is 10.0. The molecule has 5 heteroatoms. The van der Waals surface area contributed by atoms with E-state index in [0.717, 1.165) is 11.1 Å². The van der Waals surface area contributed by atoms with Gasteiger partial charge in [-0.2, -0.15) is 0 Å². The van der Waals surface area contributed by atoms with Gasteiger partial charge >= 0.3 is 5.97 Å². The molecule has 1 atom stereocenters. The number of carbonyl (C=O) groups is 2. The Morgan fingerprint density at radius 1 is 1.17 bits per heavy atom. The van der Waals surface area contributed by atoms with Gasteiger partial charge in [-0.05, 0) is 36.8 Å². The highest BCUT2D eigenvalue weighted by molar-refractivity contribution is 6.30. The van der Waals surface area contributed by atoms with E-state index in [2.05, 4.69) is 5.32 Å². The van der Waals surface area contributed by atoms with Crippen LogP contribution in [0.25, 0.3) is 0 Å². The summed E-state index contributed by atoms with van der Waals surface area (Å²) in [7, 11) is 1.31. The van der Waals surface area contributed by atoms with Crippen molar-refractivity contribution in [2.45, 2.75) is 19.4 Å². The predicted molar refractivity (Wildman–Crippen MR) is 89.6 cm³/mol. The molecule has 0 unspecified atom stereocenters. The molecule has 2 aromatic rings. The van der Waals surface area contributed by atoms with E-state index in [1.54, 1.807) is 24.3 Å². The zero-order valence-corrected chi connectivity index (χ0v) is 13.8. The van der Waals surface area contributed by atoms with Gasteiger partial charge in [-0.3, -0.25) is 4.79 Å². The number of halogens is 1. The Labute approximate surface area is 140 Å². The molecular weight excluding hydrogens is 314 g/mol.